The normalized spacial score (nSPS) is 24.6. The van der Waals surface area contributed by atoms with Crippen molar-refractivity contribution in [2.75, 3.05) is 19.7 Å². The number of carbonyl (C=O) groups is 1. The third kappa shape index (κ3) is 3.14. The van der Waals surface area contributed by atoms with E-state index in [0.717, 1.165) is 31.0 Å². The van der Waals surface area contributed by atoms with Gasteiger partial charge >= 0.3 is 5.97 Å². The Morgan fingerprint density at radius 3 is 2.90 bits per heavy atom. The highest BCUT2D eigenvalue weighted by molar-refractivity contribution is 6.30. The molecule has 0 amide bonds. The number of halogens is 1. The van der Waals surface area contributed by atoms with E-state index in [4.69, 9.17) is 16.3 Å². The van der Waals surface area contributed by atoms with Crippen LogP contribution >= 0.6 is 11.6 Å². The number of cyclic esters (lactones) is 1. The van der Waals surface area contributed by atoms with Crippen molar-refractivity contribution in [2.45, 2.75) is 25.8 Å². The minimum absolute atomic E-state index is 0.00799. The average molecular weight is 306 g/mol. The van der Waals surface area contributed by atoms with Crippen molar-refractivity contribution >= 4 is 17.6 Å². The molecule has 1 fully saturated rings. The second kappa shape index (κ2) is 6.20. The van der Waals surface area contributed by atoms with E-state index >= 15 is 0 Å². The molecule has 1 aromatic carbocycles. The Bertz CT molecular complexity index is 570. The maximum atomic E-state index is 11.7. The van der Waals surface area contributed by atoms with Crippen molar-refractivity contribution in [3.05, 3.63) is 46.5 Å². The summed E-state index contributed by atoms with van der Waals surface area (Å²) in [6.07, 6.45) is 4.00. The van der Waals surface area contributed by atoms with Crippen LogP contribution in [0.3, 0.4) is 0 Å². The standard InChI is InChI=1S/C17H20ClNO2/c1-12(14-3-2-4-15(18)11-14)19-8-5-13(6-9-19)16-7-10-21-17(16)20/h2-5,11-12,16H,6-10H2,1H3. The van der Waals surface area contributed by atoms with E-state index in [9.17, 15) is 4.79 Å². The summed E-state index contributed by atoms with van der Waals surface area (Å²) in [5.74, 6) is -0.0359. The van der Waals surface area contributed by atoms with Crippen molar-refractivity contribution in [1.82, 2.24) is 4.90 Å². The van der Waals surface area contributed by atoms with Gasteiger partial charge in [0.1, 0.15) is 0 Å². The number of ether oxygens (including phenoxy) is 1. The van der Waals surface area contributed by atoms with Gasteiger partial charge in [0.05, 0.1) is 12.5 Å². The zero-order chi connectivity index (χ0) is 14.8. The van der Waals surface area contributed by atoms with Crippen molar-refractivity contribution in [1.29, 1.82) is 0 Å². The van der Waals surface area contributed by atoms with Crippen LogP contribution in [0.5, 0.6) is 0 Å². The van der Waals surface area contributed by atoms with Crippen LogP contribution in [0.1, 0.15) is 31.4 Å². The van der Waals surface area contributed by atoms with E-state index in [0.29, 0.717) is 12.6 Å². The van der Waals surface area contributed by atoms with E-state index in [1.165, 1.54) is 11.1 Å². The summed E-state index contributed by atoms with van der Waals surface area (Å²) in [5, 5.41) is 0.779. The number of carbonyl (C=O) groups excluding carboxylic acids is 1. The molecule has 0 bridgehead atoms. The van der Waals surface area contributed by atoms with Crippen LogP contribution in [0.25, 0.3) is 0 Å². The second-order valence-electron chi connectivity index (χ2n) is 5.76. The molecular weight excluding hydrogens is 286 g/mol. The SMILES string of the molecule is CC(c1cccc(Cl)c1)N1CC=C(C2CCOC2=O)CC1. The van der Waals surface area contributed by atoms with Gasteiger partial charge in [0.2, 0.25) is 0 Å². The molecule has 3 nitrogen and oxygen atoms in total. The van der Waals surface area contributed by atoms with E-state index < -0.39 is 0 Å². The molecule has 0 aromatic heterocycles. The summed E-state index contributed by atoms with van der Waals surface area (Å²) in [4.78, 5) is 14.1. The quantitative estimate of drug-likeness (QED) is 0.631. The predicted octanol–water partition coefficient (Wildman–Crippen LogP) is 3.60. The molecule has 21 heavy (non-hydrogen) atoms. The lowest BCUT2D eigenvalue weighted by Gasteiger charge is -2.33. The van der Waals surface area contributed by atoms with Crippen molar-refractivity contribution in [3.8, 4) is 0 Å². The van der Waals surface area contributed by atoms with Gasteiger partial charge in [0.25, 0.3) is 0 Å². The molecular formula is C17H20ClNO2. The summed E-state index contributed by atoms with van der Waals surface area (Å²) in [6, 6.07) is 8.37. The number of hydrogen-bond donors (Lipinski definition) is 0. The zero-order valence-electron chi connectivity index (χ0n) is 12.2. The van der Waals surface area contributed by atoms with Gasteiger partial charge in [-0.2, -0.15) is 0 Å². The fourth-order valence-electron chi connectivity index (χ4n) is 3.18. The Balaban J connectivity index is 1.67. The van der Waals surface area contributed by atoms with Gasteiger partial charge in [-0.05, 0) is 37.5 Å². The molecule has 3 rings (SSSR count). The molecule has 2 heterocycles. The van der Waals surface area contributed by atoms with Crippen LogP contribution in [0.15, 0.2) is 35.9 Å². The maximum absolute atomic E-state index is 11.7. The lowest BCUT2D eigenvalue weighted by Crippen LogP contribution is -2.33. The first-order valence-electron chi connectivity index (χ1n) is 7.50. The van der Waals surface area contributed by atoms with Crippen LogP contribution in [0, 0.1) is 5.92 Å². The van der Waals surface area contributed by atoms with E-state index in [-0.39, 0.29) is 11.9 Å². The highest BCUT2D eigenvalue weighted by Gasteiger charge is 2.31. The Hall–Kier alpha value is -1.32. The number of hydrogen-bond acceptors (Lipinski definition) is 3. The predicted molar refractivity (Wildman–Crippen MR) is 83.2 cm³/mol. The Morgan fingerprint density at radius 2 is 2.29 bits per heavy atom. The molecule has 0 spiro atoms. The van der Waals surface area contributed by atoms with Crippen molar-refractivity contribution in [3.63, 3.8) is 0 Å². The number of benzene rings is 1. The molecule has 1 saturated heterocycles. The molecule has 0 radical (unpaired) electrons. The minimum Gasteiger partial charge on any atom is -0.465 e. The highest BCUT2D eigenvalue weighted by Crippen LogP contribution is 2.31. The van der Waals surface area contributed by atoms with Gasteiger partial charge in [-0.1, -0.05) is 35.4 Å². The van der Waals surface area contributed by atoms with E-state index in [2.05, 4.69) is 24.0 Å². The zero-order valence-corrected chi connectivity index (χ0v) is 13.0. The van der Waals surface area contributed by atoms with Crippen LogP contribution in [-0.2, 0) is 9.53 Å². The molecule has 0 aliphatic carbocycles. The van der Waals surface area contributed by atoms with Gasteiger partial charge < -0.3 is 4.74 Å². The summed E-state index contributed by atoms with van der Waals surface area (Å²) in [6.45, 7) is 4.63. The van der Waals surface area contributed by atoms with E-state index in [1.54, 1.807) is 0 Å². The first kappa shape index (κ1) is 14.6. The average Bonchev–Trinajstić information content (AvgIpc) is 2.93. The molecule has 0 saturated carbocycles. The van der Waals surface area contributed by atoms with Gasteiger partial charge in [-0.3, -0.25) is 9.69 Å². The summed E-state index contributed by atoms with van der Waals surface area (Å²) < 4.78 is 5.07. The molecule has 2 unspecified atom stereocenters. The largest absolute Gasteiger partial charge is 0.465 e. The van der Waals surface area contributed by atoms with Crippen LogP contribution < -0.4 is 0 Å². The number of rotatable bonds is 3. The Morgan fingerprint density at radius 1 is 1.43 bits per heavy atom. The van der Waals surface area contributed by atoms with Gasteiger partial charge in [0, 0.05) is 24.2 Å². The van der Waals surface area contributed by atoms with Gasteiger partial charge in [0.15, 0.2) is 0 Å². The van der Waals surface area contributed by atoms with Crippen molar-refractivity contribution < 1.29 is 9.53 Å². The smallest absolute Gasteiger partial charge is 0.313 e. The van der Waals surface area contributed by atoms with Crippen molar-refractivity contribution in [2.24, 2.45) is 5.92 Å². The molecule has 112 valence electrons. The molecule has 4 heteroatoms. The highest BCUT2D eigenvalue weighted by atomic mass is 35.5. The van der Waals surface area contributed by atoms with Gasteiger partial charge in [-0.15, -0.1) is 0 Å². The first-order valence-corrected chi connectivity index (χ1v) is 7.88. The fraction of sp³-hybridized carbons (Fsp3) is 0.471. The lowest BCUT2D eigenvalue weighted by molar-refractivity contribution is -0.140. The molecule has 0 N–H and O–H groups in total. The van der Waals surface area contributed by atoms with Crippen LogP contribution in [0.2, 0.25) is 5.02 Å². The number of nitrogens with zero attached hydrogens (tertiary/aromatic N) is 1. The van der Waals surface area contributed by atoms with Crippen LogP contribution in [0.4, 0.5) is 0 Å². The molecule has 2 atom stereocenters. The summed E-state index contributed by atoms with van der Waals surface area (Å²) in [5.41, 5.74) is 2.49. The maximum Gasteiger partial charge on any atom is 0.313 e. The topological polar surface area (TPSA) is 29.5 Å². The molecule has 2 aliphatic rings. The molecule has 1 aromatic rings. The van der Waals surface area contributed by atoms with Crippen LogP contribution in [-0.4, -0.2) is 30.6 Å². The lowest BCUT2D eigenvalue weighted by atomic mass is 9.91. The summed E-state index contributed by atoms with van der Waals surface area (Å²) >= 11 is 6.07. The monoisotopic (exact) mass is 305 g/mol. The first-order chi connectivity index (χ1) is 10.1. The Labute approximate surface area is 130 Å². The summed E-state index contributed by atoms with van der Waals surface area (Å²) in [7, 11) is 0. The minimum atomic E-state index is -0.0439. The fourth-order valence-corrected chi connectivity index (χ4v) is 3.38. The Kier molecular flexibility index (Phi) is 4.32. The third-order valence-electron chi connectivity index (χ3n) is 4.54. The molecule has 2 aliphatic heterocycles. The number of esters is 1. The van der Waals surface area contributed by atoms with Gasteiger partial charge in [-0.25, -0.2) is 0 Å². The second-order valence-corrected chi connectivity index (χ2v) is 6.20. The van der Waals surface area contributed by atoms with E-state index in [1.807, 2.05) is 18.2 Å². The third-order valence-corrected chi connectivity index (χ3v) is 4.77.